The molecule has 0 aromatic heterocycles. The highest BCUT2D eigenvalue weighted by Gasteiger charge is 2.24. The maximum Gasteiger partial charge on any atom is 0.236 e. The van der Waals surface area contributed by atoms with Crippen molar-refractivity contribution in [1.29, 1.82) is 0 Å². The molecule has 1 aliphatic heterocycles. The average Bonchev–Trinajstić information content (AvgIpc) is 2.55. The molecule has 0 atom stereocenters. The highest BCUT2D eigenvalue weighted by molar-refractivity contribution is 7.92. The van der Waals surface area contributed by atoms with Gasteiger partial charge in [-0.05, 0) is 54.7 Å². The fourth-order valence-electron chi connectivity index (χ4n) is 3.16. The summed E-state index contributed by atoms with van der Waals surface area (Å²) >= 11 is 0. The molecular formula is C18H22N2O4S2. The van der Waals surface area contributed by atoms with Crippen LogP contribution in [0.3, 0.4) is 0 Å². The van der Waals surface area contributed by atoms with Crippen LogP contribution in [0.2, 0.25) is 0 Å². The zero-order chi connectivity index (χ0) is 18.9. The Hall–Kier alpha value is -2.06. The summed E-state index contributed by atoms with van der Waals surface area (Å²) in [7, 11) is -6.90. The summed E-state index contributed by atoms with van der Waals surface area (Å²) in [6, 6.07) is 12.4. The molecule has 2 aromatic carbocycles. The predicted molar refractivity (Wildman–Crippen MR) is 104 cm³/mol. The van der Waals surface area contributed by atoms with Gasteiger partial charge in [0.1, 0.15) is 0 Å². The standard InChI is InChI=1S/C18H22N2O4S2/c1-14-6-3-4-7-16(14)13-26(23,24)19-17-9-10-18-15(12-17)8-5-11-20(18)25(2,21)22/h3-4,6-7,9-10,12,19H,5,8,11,13H2,1-2H3. The lowest BCUT2D eigenvalue weighted by atomic mass is 10.0. The molecule has 0 aliphatic carbocycles. The fraction of sp³-hybridized carbons (Fsp3) is 0.333. The molecule has 0 fully saturated rings. The first kappa shape index (κ1) is 18.7. The Kier molecular flexibility index (Phi) is 4.98. The minimum Gasteiger partial charge on any atom is -0.283 e. The van der Waals surface area contributed by atoms with Crippen molar-refractivity contribution in [3.05, 3.63) is 59.2 Å². The molecule has 6 nitrogen and oxygen atoms in total. The lowest BCUT2D eigenvalue weighted by Crippen LogP contribution is -2.34. The largest absolute Gasteiger partial charge is 0.283 e. The van der Waals surface area contributed by atoms with Crippen LogP contribution in [0.1, 0.15) is 23.1 Å². The van der Waals surface area contributed by atoms with E-state index in [0.717, 1.165) is 16.7 Å². The van der Waals surface area contributed by atoms with Gasteiger partial charge < -0.3 is 0 Å². The van der Waals surface area contributed by atoms with Gasteiger partial charge in [0.25, 0.3) is 0 Å². The van der Waals surface area contributed by atoms with E-state index in [4.69, 9.17) is 0 Å². The number of nitrogens with one attached hydrogen (secondary N) is 1. The zero-order valence-electron chi connectivity index (χ0n) is 14.8. The summed E-state index contributed by atoms with van der Waals surface area (Å²) in [5.74, 6) is -0.105. The minimum atomic E-state index is -3.56. The maximum atomic E-state index is 12.5. The van der Waals surface area contributed by atoms with E-state index in [1.165, 1.54) is 10.6 Å². The monoisotopic (exact) mass is 394 g/mol. The first-order chi connectivity index (χ1) is 12.2. The van der Waals surface area contributed by atoms with Gasteiger partial charge in [-0.2, -0.15) is 0 Å². The van der Waals surface area contributed by atoms with Crippen LogP contribution in [0.25, 0.3) is 0 Å². The van der Waals surface area contributed by atoms with Gasteiger partial charge in [-0.3, -0.25) is 9.03 Å². The molecule has 0 amide bonds. The molecule has 140 valence electrons. The number of anilines is 2. The van der Waals surface area contributed by atoms with Crippen LogP contribution >= 0.6 is 0 Å². The summed E-state index contributed by atoms with van der Waals surface area (Å²) in [6.45, 7) is 2.33. The summed E-state index contributed by atoms with van der Waals surface area (Å²) in [5, 5.41) is 0. The summed E-state index contributed by atoms with van der Waals surface area (Å²) in [6.07, 6.45) is 2.61. The van der Waals surface area contributed by atoms with Gasteiger partial charge in [-0.15, -0.1) is 0 Å². The molecule has 1 heterocycles. The zero-order valence-corrected chi connectivity index (χ0v) is 16.4. The van der Waals surface area contributed by atoms with Gasteiger partial charge in [-0.1, -0.05) is 24.3 Å². The Morgan fingerprint density at radius 1 is 1.08 bits per heavy atom. The van der Waals surface area contributed by atoms with E-state index in [1.807, 2.05) is 25.1 Å². The number of hydrogen-bond donors (Lipinski definition) is 1. The Bertz CT molecular complexity index is 1030. The van der Waals surface area contributed by atoms with E-state index in [-0.39, 0.29) is 5.75 Å². The van der Waals surface area contributed by atoms with E-state index in [1.54, 1.807) is 24.3 Å². The van der Waals surface area contributed by atoms with Crippen molar-refractivity contribution in [3.8, 4) is 0 Å². The topological polar surface area (TPSA) is 83.6 Å². The van der Waals surface area contributed by atoms with Gasteiger partial charge in [0.2, 0.25) is 20.0 Å². The van der Waals surface area contributed by atoms with E-state index in [2.05, 4.69) is 4.72 Å². The lowest BCUT2D eigenvalue weighted by Gasteiger charge is -2.29. The molecule has 0 unspecified atom stereocenters. The van der Waals surface area contributed by atoms with E-state index >= 15 is 0 Å². The second-order valence-corrected chi connectivity index (χ2v) is 10.2. The van der Waals surface area contributed by atoms with E-state index in [0.29, 0.717) is 30.8 Å². The third-order valence-electron chi connectivity index (χ3n) is 4.44. The molecule has 1 aliphatic rings. The molecule has 2 aromatic rings. The summed E-state index contributed by atoms with van der Waals surface area (Å²) in [5.41, 5.74) is 3.58. The van der Waals surface area contributed by atoms with Crippen molar-refractivity contribution >= 4 is 31.4 Å². The smallest absolute Gasteiger partial charge is 0.236 e. The Balaban J connectivity index is 1.84. The van der Waals surface area contributed by atoms with Crippen molar-refractivity contribution in [2.24, 2.45) is 0 Å². The number of aryl methyl sites for hydroxylation is 2. The van der Waals surface area contributed by atoms with Crippen LogP contribution in [0.5, 0.6) is 0 Å². The van der Waals surface area contributed by atoms with Gasteiger partial charge in [0, 0.05) is 12.2 Å². The molecule has 0 radical (unpaired) electrons. The SMILES string of the molecule is Cc1ccccc1CS(=O)(=O)Nc1ccc2c(c1)CCCN2S(C)(=O)=O. The number of hydrogen-bond acceptors (Lipinski definition) is 4. The molecule has 0 saturated carbocycles. The van der Waals surface area contributed by atoms with Crippen LogP contribution in [0, 0.1) is 6.92 Å². The molecule has 26 heavy (non-hydrogen) atoms. The van der Waals surface area contributed by atoms with Gasteiger partial charge in [-0.25, -0.2) is 16.8 Å². The second-order valence-electron chi connectivity index (χ2n) is 6.57. The number of benzene rings is 2. The molecule has 8 heteroatoms. The van der Waals surface area contributed by atoms with Crippen molar-refractivity contribution in [2.75, 3.05) is 21.8 Å². The van der Waals surface area contributed by atoms with Crippen molar-refractivity contribution < 1.29 is 16.8 Å². The van der Waals surface area contributed by atoms with E-state index in [9.17, 15) is 16.8 Å². The number of fused-ring (bicyclic) bond motifs is 1. The highest BCUT2D eigenvalue weighted by Crippen LogP contribution is 2.31. The third kappa shape index (κ3) is 4.19. The Labute approximate surface area is 155 Å². The van der Waals surface area contributed by atoms with E-state index < -0.39 is 20.0 Å². The maximum absolute atomic E-state index is 12.5. The van der Waals surface area contributed by atoms with Crippen LogP contribution in [-0.2, 0) is 32.2 Å². The predicted octanol–water partition coefficient (Wildman–Crippen LogP) is 2.65. The van der Waals surface area contributed by atoms with Gasteiger partial charge >= 0.3 is 0 Å². The summed E-state index contributed by atoms with van der Waals surface area (Å²) < 4.78 is 52.8. The summed E-state index contributed by atoms with van der Waals surface area (Å²) in [4.78, 5) is 0. The molecule has 3 rings (SSSR count). The van der Waals surface area contributed by atoms with Crippen LogP contribution in [0.4, 0.5) is 11.4 Å². The lowest BCUT2D eigenvalue weighted by molar-refractivity contribution is 0.592. The van der Waals surface area contributed by atoms with Gasteiger partial charge in [0.15, 0.2) is 0 Å². The van der Waals surface area contributed by atoms with Crippen LogP contribution in [-0.4, -0.2) is 29.6 Å². The average molecular weight is 395 g/mol. The number of nitrogens with zero attached hydrogens (tertiary/aromatic N) is 1. The number of rotatable bonds is 5. The Morgan fingerprint density at radius 3 is 2.50 bits per heavy atom. The fourth-order valence-corrected chi connectivity index (χ4v) is 5.45. The number of sulfonamides is 2. The molecular weight excluding hydrogens is 372 g/mol. The van der Waals surface area contributed by atoms with Crippen molar-refractivity contribution in [2.45, 2.75) is 25.5 Å². The van der Waals surface area contributed by atoms with Crippen LogP contribution in [0.15, 0.2) is 42.5 Å². The minimum absolute atomic E-state index is 0.105. The van der Waals surface area contributed by atoms with Gasteiger partial charge in [0.05, 0.1) is 17.7 Å². The van der Waals surface area contributed by atoms with Crippen molar-refractivity contribution in [1.82, 2.24) is 0 Å². The van der Waals surface area contributed by atoms with Crippen molar-refractivity contribution in [3.63, 3.8) is 0 Å². The molecule has 0 bridgehead atoms. The quantitative estimate of drug-likeness (QED) is 0.845. The third-order valence-corrected chi connectivity index (χ3v) is 6.85. The molecule has 0 spiro atoms. The second kappa shape index (κ2) is 6.92. The normalized spacial score (nSPS) is 14.8. The van der Waals surface area contributed by atoms with Crippen LogP contribution < -0.4 is 9.03 Å². The Morgan fingerprint density at radius 2 is 1.81 bits per heavy atom. The molecule has 0 saturated heterocycles. The highest BCUT2D eigenvalue weighted by atomic mass is 32.2. The molecule has 1 N–H and O–H groups in total. The first-order valence-electron chi connectivity index (χ1n) is 8.31. The first-order valence-corrected chi connectivity index (χ1v) is 11.8.